The number of benzene rings is 2. The average Bonchev–Trinajstić information content (AvgIpc) is 3.37. The van der Waals surface area contributed by atoms with E-state index < -0.39 is 23.6 Å². The molecule has 4 rings (SSSR count). The van der Waals surface area contributed by atoms with Gasteiger partial charge in [-0.15, -0.1) is 0 Å². The number of aromatic amines is 1. The van der Waals surface area contributed by atoms with E-state index in [-0.39, 0.29) is 18.1 Å². The van der Waals surface area contributed by atoms with Crippen molar-refractivity contribution in [1.29, 1.82) is 0 Å². The van der Waals surface area contributed by atoms with Gasteiger partial charge in [0.15, 0.2) is 17.3 Å². The molecule has 0 fully saturated rings. The number of rotatable bonds is 6. The summed E-state index contributed by atoms with van der Waals surface area (Å²) in [6.45, 7) is 0.0274. The second-order valence-electron chi connectivity index (χ2n) is 6.67. The fourth-order valence-electron chi connectivity index (χ4n) is 3.11. The molecule has 0 aliphatic rings. The largest absolute Gasteiger partial charge is 0.446 e. The molecular weight excluding hydrogens is 378 g/mol. The molecule has 2 heterocycles. The maximum absolute atomic E-state index is 13.2. The standard InChI is InChI=1S/C21H18F2N4O2/c22-15-6-5-12(7-16(15)23)9-26-20(28)19-11-29-21(27-19)17(24)8-13-10-25-18-4-2-1-3-14(13)18/h1-7,10-11,17,25H,8-9,24H2,(H,26,28). The molecule has 1 unspecified atom stereocenters. The highest BCUT2D eigenvalue weighted by molar-refractivity contribution is 5.91. The summed E-state index contributed by atoms with van der Waals surface area (Å²) in [5.41, 5.74) is 8.74. The number of hydrogen-bond acceptors (Lipinski definition) is 4. The first kappa shape index (κ1) is 18.8. The molecule has 1 atom stereocenters. The van der Waals surface area contributed by atoms with E-state index in [1.54, 1.807) is 0 Å². The van der Waals surface area contributed by atoms with Gasteiger partial charge < -0.3 is 20.5 Å². The number of H-pyrrole nitrogens is 1. The van der Waals surface area contributed by atoms with Gasteiger partial charge in [-0.1, -0.05) is 24.3 Å². The van der Waals surface area contributed by atoms with E-state index in [0.29, 0.717) is 12.0 Å². The van der Waals surface area contributed by atoms with Crippen molar-refractivity contribution in [3.05, 3.63) is 89.3 Å². The van der Waals surface area contributed by atoms with Crippen molar-refractivity contribution in [1.82, 2.24) is 15.3 Å². The van der Waals surface area contributed by atoms with Crippen LogP contribution in [-0.2, 0) is 13.0 Å². The van der Waals surface area contributed by atoms with Crippen molar-refractivity contribution in [3.8, 4) is 0 Å². The molecule has 4 N–H and O–H groups in total. The first-order valence-corrected chi connectivity index (χ1v) is 8.99. The number of para-hydroxylation sites is 1. The lowest BCUT2D eigenvalue weighted by Gasteiger charge is -2.06. The van der Waals surface area contributed by atoms with Crippen molar-refractivity contribution in [2.75, 3.05) is 0 Å². The molecule has 1 amide bonds. The van der Waals surface area contributed by atoms with Crippen LogP contribution in [-0.4, -0.2) is 15.9 Å². The summed E-state index contributed by atoms with van der Waals surface area (Å²) in [6, 6.07) is 10.8. The molecule has 29 heavy (non-hydrogen) atoms. The fourth-order valence-corrected chi connectivity index (χ4v) is 3.11. The van der Waals surface area contributed by atoms with E-state index in [2.05, 4.69) is 15.3 Å². The highest BCUT2D eigenvalue weighted by Gasteiger charge is 2.19. The summed E-state index contributed by atoms with van der Waals surface area (Å²) in [5.74, 6) is -2.16. The van der Waals surface area contributed by atoms with Crippen LogP contribution in [0, 0.1) is 11.6 Å². The van der Waals surface area contributed by atoms with E-state index in [0.717, 1.165) is 28.6 Å². The molecule has 2 aromatic carbocycles. The van der Waals surface area contributed by atoms with Crippen molar-refractivity contribution in [2.24, 2.45) is 5.73 Å². The van der Waals surface area contributed by atoms with Gasteiger partial charge in [0.2, 0.25) is 5.89 Å². The van der Waals surface area contributed by atoms with Gasteiger partial charge in [0.1, 0.15) is 6.26 Å². The molecular formula is C21H18F2N4O2. The smallest absolute Gasteiger partial charge is 0.273 e. The molecule has 0 aliphatic heterocycles. The molecule has 0 saturated heterocycles. The normalized spacial score (nSPS) is 12.2. The van der Waals surface area contributed by atoms with Gasteiger partial charge in [-0.2, -0.15) is 0 Å². The van der Waals surface area contributed by atoms with E-state index in [4.69, 9.17) is 10.2 Å². The molecule has 0 spiro atoms. The molecule has 0 saturated carbocycles. The number of fused-ring (bicyclic) bond motifs is 1. The zero-order valence-corrected chi connectivity index (χ0v) is 15.3. The van der Waals surface area contributed by atoms with Crippen molar-refractivity contribution < 1.29 is 18.0 Å². The Morgan fingerprint density at radius 3 is 2.86 bits per heavy atom. The molecule has 2 aromatic heterocycles. The number of amides is 1. The third kappa shape index (κ3) is 4.02. The number of carbonyl (C=O) groups is 1. The minimum atomic E-state index is -0.969. The third-order valence-corrected chi connectivity index (χ3v) is 4.62. The van der Waals surface area contributed by atoms with Crippen LogP contribution in [0.5, 0.6) is 0 Å². The van der Waals surface area contributed by atoms with Gasteiger partial charge in [-0.05, 0) is 35.7 Å². The fraction of sp³-hybridized carbons (Fsp3) is 0.143. The molecule has 8 heteroatoms. The minimum absolute atomic E-state index is 0.0274. The maximum Gasteiger partial charge on any atom is 0.273 e. The van der Waals surface area contributed by atoms with Crippen molar-refractivity contribution in [2.45, 2.75) is 19.0 Å². The summed E-state index contributed by atoms with van der Waals surface area (Å²) in [7, 11) is 0. The predicted octanol–water partition coefficient (Wildman–Crippen LogP) is 3.61. The van der Waals surface area contributed by atoms with Gasteiger partial charge in [-0.25, -0.2) is 13.8 Å². The second kappa shape index (κ2) is 7.84. The first-order valence-electron chi connectivity index (χ1n) is 8.99. The lowest BCUT2D eigenvalue weighted by Crippen LogP contribution is -2.23. The third-order valence-electron chi connectivity index (χ3n) is 4.62. The van der Waals surface area contributed by atoms with Crippen LogP contribution in [0.2, 0.25) is 0 Å². The van der Waals surface area contributed by atoms with E-state index in [1.165, 1.54) is 12.3 Å². The number of nitrogens with one attached hydrogen (secondary N) is 2. The highest BCUT2D eigenvalue weighted by Crippen LogP contribution is 2.23. The molecule has 4 aromatic rings. The van der Waals surface area contributed by atoms with Crippen LogP contribution in [0.15, 0.2) is 59.3 Å². The molecule has 148 valence electrons. The van der Waals surface area contributed by atoms with Crippen molar-refractivity contribution >= 4 is 16.8 Å². The SMILES string of the molecule is NC(Cc1c[nH]c2ccccc12)c1nc(C(=O)NCc2ccc(F)c(F)c2)co1. The first-order chi connectivity index (χ1) is 14.0. The summed E-state index contributed by atoms with van der Waals surface area (Å²) in [6.07, 6.45) is 3.61. The van der Waals surface area contributed by atoms with E-state index in [9.17, 15) is 13.6 Å². The quantitative estimate of drug-likeness (QED) is 0.464. The topological polar surface area (TPSA) is 96.9 Å². The molecule has 6 nitrogen and oxygen atoms in total. The molecule has 0 bridgehead atoms. The summed E-state index contributed by atoms with van der Waals surface area (Å²) < 4.78 is 31.6. The van der Waals surface area contributed by atoms with Crippen LogP contribution >= 0.6 is 0 Å². The van der Waals surface area contributed by atoms with Gasteiger partial charge in [-0.3, -0.25) is 4.79 Å². The Kier molecular flexibility index (Phi) is 5.09. The predicted molar refractivity (Wildman–Crippen MR) is 103 cm³/mol. The lowest BCUT2D eigenvalue weighted by atomic mass is 10.1. The van der Waals surface area contributed by atoms with Crippen LogP contribution < -0.4 is 11.1 Å². The van der Waals surface area contributed by atoms with Crippen LogP contribution in [0.4, 0.5) is 8.78 Å². The zero-order valence-electron chi connectivity index (χ0n) is 15.3. The summed E-state index contributed by atoms with van der Waals surface area (Å²) >= 11 is 0. The number of aromatic nitrogens is 2. The average molecular weight is 396 g/mol. The maximum atomic E-state index is 13.2. The number of halogens is 2. The van der Waals surface area contributed by atoms with Crippen LogP contribution in [0.25, 0.3) is 10.9 Å². The Morgan fingerprint density at radius 1 is 1.21 bits per heavy atom. The Labute approximate surface area is 164 Å². The van der Waals surface area contributed by atoms with Gasteiger partial charge in [0, 0.05) is 23.6 Å². The number of nitrogens with zero attached hydrogens (tertiary/aromatic N) is 1. The lowest BCUT2D eigenvalue weighted by molar-refractivity contribution is 0.0946. The second-order valence-corrected chi connectivity index (χ2v) is 6.67. The zero-order chi connectivity index (χ0) is 20.4. The Morgan fingerprint density at radius 2 is 2.03 bits per heavy atom. The number of carbonyl (C=O) groups excluding carboxylic acids is 1. The number of hydrogen-bond donors (Lipinski definition) is 3. The summed E-state index contributed by atoms with van der Waals surface area (Å²) in [4.78, 5) is 19.6. The Bertz CT molecular complexity index is 1170. The summed E-state index contributed by atoms with van der Waals surface area (Å²) in [5, 5.41) is 3.66. The Balaban J connectivity index is 1.40. The Hall–Kier alpha value is -3.52. The highest BCUT2D eigenvalue weighted by atomic mass is 19.2. The van der Waals surface area contributed by atoms with Crippen LogP contribution in [0.1, 0.15) is 33.5 Å². The van der Waals surface area contributed by atoms with Crippen LogP contribution in [0.3, 0.4) is 0 Å². The molecule has 0 aliphatic carbocycles. The van der Waals surface area contributed by atoms with Gasteiger partial charge >= 0.3 is 0 Å². The van der Waals surface area contributed by atoms with E-state index >= 15 is 0 Å². The van der Waals surface area contributed by atoms with Crippen molar-refractivity contribution in [3.63, 3.8) is 0 Å². The van der Waals surface area contributed by atoms with Gasteiger partial charge in [0.05, 0.1) is 6.04 Å². The number of oxazole rings is 1. The number of nitrogens with two attached hydrogens (primary N) is 1. The minimum Gasteiger partial charge on any atom is -0.446 e. The van der Waals surface area contributed by atoms with E-state index in [1.807, 2.05) is 30.5 Å². The molecule has 0 radical (unpaired) electrons. The van der Waals surface area contributed by atoms with Gasteiger partial charge in [0.25, 0.3) is 5.91 Å². The monoisotopic (exact) mass is 396 g/mol.